The first-order valence-electron chi connectivity index (χ1n) is 7.95. The fourth-order valence-corrected chi connectivity index (χ4v) is 2.59. The van der Waals surface area contributed by atoms with Crippen molar-refractivity contribution in [2.24, 2.45) is 11.8 Å². The lowest BCUT2D eigenvalue weighted by Gasteiger charge is -2.19. The van der Waals surface area contributed by atoms with Crippen LogP contribution in [0.4, 0.5) is 0 Å². The monoisotopic (exact) mass is 271 g/mol. The van der Waals surface area contributed by atoms with Crippen LogP contribution in [0.15, 0.2) is 0 Å². The molecule has 1 aliphatic rings. The zero-order valence-corrected chi connectivity index (χ0v) is 13.4. The average Bonchev–Trinajstić information content (AvgIpc) is 2.73. The van der Waals surface area contributed by atoms with Crippen LogP contribution in [0.3, 0.4) is 0 Å². The Morgan fingerprint density at radius 1 is 1.05 bits per heavy atom. The van der Waals surface area contributed by atoms with E-state index in [1.165, 1.54) is 0 Å². The molecule has 0 spiro atoms. The summed E-state index contributed by atoms with van der Waals surface area (Å²) in [6.07, 6.45) is 4.47. The van der Waals surface area contributed by atoms with E-state index in [1.807, 2.05) is 0 Å². The van der Waals surface area contributed by atoms with Crippen LogP contribution in [0.1, 0.15) is 53.9 Å². The van der Waals surface area contributed by atoms with Gasteiger partial charge in [0.15, 0.2) is 0 Å². The zero-order valence-electron chi connectivity index (χ0n) is 13.4. The molecule has 3 heteroatoms. The molecule has 0 aliphatic carbocycles. The van der Waals surface area contributed by atoms with Crippen LogP contribution < -0.4 is 5.32 Å². The molecule has 0 aromatic heterocycles. The molecule has 1 aliphatic heterocycles. The molecule has 1 saturated heterocycles. The molecule has 1 heterocycles. The SMILES string of the molecule is CC(C)CNCC1CCC(COC(C)CC(C)C)O1. The Bertz CT molecular complexity index is 231. The molecule has 0 saturated carbocycles. The average molecular weight is 271 g/mol. The van der Waals surface area contributed by atoms with E-state index >= 15 is 0 Å². The minimum atomic E-state index is 0.306. The molecular weight excluding hydrogens is 238 g/mol. The third-order valence-electron chi connectivity index (χ3n) is 3.49. The Labute approximate surface area is 119 Å². The van der Waals surface area contributed by atoms with Crippen molar-refractivity contribution >= 4 is 0 Å². The lowest BCUT2D eigenvalue weighted by Crippen LogP contribution is -2.30. The second-order valence-corrected chi connectivity index (χ2v) is 6.78. The van der Waals surface area contributed by atoms with Gasteiger partial charge in [0.2, 0.25) is 0 Å². The van der Waals surface area contributed by atoms with E-state index in [9.17, 15) is 0 Å². The minimum absolute atomic E-state index is 0.306. The van der Waals surface area contributed by atoms with E-state index in [-0.39, 0.29) is 0 Å². The molecule has 0 amide bonds. The molecule has 1 fully saturated rings. The van der Waals surface area contributed by atoms with Crippen molar-refractivity contribution in [3.8, 4) is 0 Å². The lowest BCUT2D eigenvalue weighted by atomic mass is 10.1. The molecule has 0 aromatic rings. The first-order chi connectivity index (χ1) is 8.97. The Morgan fingerprint density at radius 2 is 1.74 bits per heavy atom. The van der Waals surface area contributed by atoms with E-state index in [0.29, 0.717) is 30.1 Å². The van der Waals surface area contributed by atoms with Gasteiger partial charge in [0.25, 0.3) is 0 Å². The second kappa shape index (κ2) is 8.93. The smallest absolute Gasteiger partial charge is 0.0814 e. The normalized spacial score (nSPS) is 25.4. The molecule has 19 heavy (non-hydrogen) atoms. The highest BCUT2D eigenvalue weighted by Gasteiger charge is 2.25. The van der Waals surface area contributed by atoms with Gasteiger partial charge in [-0.2, -0.15) is 0 Å². The second-order valence-electron chi connectivity index (χ2n) is 6.78. The first kappa shape index (κ1) is 16.9. The lowest BCUT2D eigenvalue weighted by molar-refractivity contribution is -0.0406. The predicted molar refractivity (Wildman–Crippen MR) is 80.5 cm³/mol. The molecule has 3 atom stereocenters. The van der Waals surface area contributed by atoms with Crippen molar-refractivity contribution in [1.29, 1.82) is 0 Å². The van der Waals surface area contributed by atoms with Crippen LogP contribution in [0.2, 0.25) is 0 Å². The van der Waals surface area contributed by atoms with Gasteiger partial charge < -0.3 is 14.8 Å². The van der Waals surface area contributed by atoms with Gasteiger partial charge in [0, 0.05) is 6.54 Å². The van der Waals surface area contributed by atoms with Gasteiger partial charge in [-0.3, -0.25) is 0 Å². The van der Waals surface area contributed by atoms with E-state index in [2.05, 4.69) is 39.9 Å². The van der Waals surface area contributed by atoms with Crippen LogP contribution in [0.25, 0.3) is 0 Å². The summed E-state index contributed by atoms with van der Waals surface area (Å²) in [5.41, 5.74) is 0. The standard InChI is InChI=1S/C16H33NO2/c1-12(2)8-14(5)18-11-16-7-6-15(19-16)10-17-9-13(3)4/h12-17H,6-11H2,1-5H3. The highest BCUT2D eigenvalue weighted by atomic mass is 16.5. The fourth-order valence-electron chi connectivity index (χ4n) is 2.59. The van der Waals surface area contributed by atoms with Gasteiger partial charge in [0.05, 0.1) is 24.9 Å². The molecule has 0 aromatic carbocycles. The van der Waals surface area contributed by atoms with E-state index in [4.69, 9.17) is 9.47 Å². The van der Waals surface area contributed by atoms with Gasteiger partial charge >= 0.3 is 0 Å². The number of nitrogens with one attached hydrogen (secondary N) is 1. The molecular formula is C16H33NO2. The van der Waals surface area contributed by atoms with Crippen molar-refractivity contribution < 1.29 is 9.47 Å². The molecule has 1 N–H and O–H groups in total. The van der Waals surface area contributed by atoms with Gasteiger partial charge in [-0.15, -0.1) is 0 Å². The summed E-state index contributed by atoms with van der Waals surface area (Å²) < 4.78 is 11.9. The zero-order chi connectivity index (χ0) is 14.3. The molecule has 3 nitrogen and oxygen atoms in total. The van der Waals surface area contributed by atoms with Crippen molar-refractivity contribution in [1.82, 2.24) is 5.32 Å². The van der Waals surface area contributed by atoms with Crippen LogP contribution in [0.5, 0.6) is 0 Å². The Kier molecular flexibility index (Phi) is 7.96. The number of rotatable bonds is 9. The van der Waals surface area contributed by atoms with Gasteiger partial charge in [0.1, 0.15) is 0 Å². The topological polar surface area (TPSA) is 30.5 Å². The Balaban J connectivity index is 2.08. The summed E-state index contributed by atoms with van der Waals surface area (Å²) in [4.78, 5) is 0. The molecule has 3 unspecified atom stereocenters. The van der Waals surface area contributed by atoms with Crippen LogP contribution in [-0.2, 0) is 9.47 Å². The highest BCUT2D eigenvalue weighted by Crippen LogP contribution is 2.20. The number of ether oxygens (including phenoxy) is 2. The van der Waals surface area contributed by atoms with Crippen molar-refractivity contribution in [2.75, 3.05) is 19.7 Å². The summed E-state index contributed by atoms with van der Waals surface area (Å²) >= 11 is 0. The van der Waals surface area contributed by atoms with Crippen LogP contribution in [0, 0.1) is 11.8 Å². The summed E-state index contributed by atoms with van der Waals surface area (Å²) in [7, 11) is 0. The van der Waals surface area contributed by atoms with Gasteiger partial charge in [-0.25, -0.2) is 0 Å². The number of hydrogen-bond acceptors (Lipinski definition) is 3. The van der Waals surface area contributed by atoms with Gasteiger partial charge in [-0.1, -0.05) is 27.7 Å². The maximum absolute atomic E-state index is 6.01. The highest BCUT2D eigenvalue weighted by molar-refractivity contribution is 4.75. The summed E-state index contributed by atoms with van der Waals surface area (Å²) in [5, 5.41) is 3.47. The maximum Gasteiger partial charge on any atom is 0.0814 e. The summed E-state index contributed by atoms with van der Waals surface area (Å²) in [5.74, 6) is 1.41. The predicted octanol–water partition coefficient (Wildman–Crippen LogP) is 3.23. The first-order valence-corrected chi connectivity index (χ1v) is 7.95. The Morgan fingerprint density at radius 3 is 2.37 bits per heavy atom. The quantitative estimate of drug-likeness (QED) is 0.698. The van der Waals surface area contributed by atoms with Crippen LogP contribution in [-0.4, -0.2) is 38.0 Å². The third kappa shape index (κ3) is 7.91. The van der Waals surface area contributed by atoms with Crippen molar-refractivity contribution in [3.05, 3.63) is 0 Å². The maximum atomic E-state index is 6.01. The largest absolute Gasteiger partial charge is 0.376 e. The van der Waals surface area contributed by atoms with E-state index < -0.39 is 0 Å². The summed E-state index contributed by atoms with van der Waals surface area (Å²) in [6, 6.07) is 0. The van der Waals surface area contributed by atoms with Gasteiger partial charge in [-0.05, 0) is 44.6 Å². The van der Waals surface area contributed by atoms with E-state index in [0.717, 1.165) is 39.0 Å². The summed E-state index contributed by atoms with van der Waals surface area (Å²) in [6.45, 7) is 13.9. The molecule has 0 bridgehead atoms. The Hall–Kier alpha value is -0.120. The third-order valence-corrected chi connectivity index (χ3v) is 3.49. The van der Waals surface area contributed by atoms with Crippen LogP contribution >= 0.6 is 0 Å². The van der Waals surface area contributed by atoms with Crippen molar-refractivity contribution in [3.63, 3.8) is 0 Å². The number of hydrogen-bond donors (Lipinski definition) is 1. The van der Waals surface area contributed by atoms with Crippen molar-refractivity contribution in [2.45, 2.75) is 72.2 Å². The molecule has 0 radical (unpaired) electrons. The fraction of sp³-hybridized carbons (Fsp3) is 1.00. The van der Waals surface area contributed by atoms with E-state index in [1.54, 1.807) is 0 Å². The molecule has 114 valence electrons. The minimum Gasteiger partial charge on any atom is -0.376 e. The molecule has 1 rings (SSSR count).